The van der Waals surface area contributed by atoms with Gasteiger partial charge in [-0.05, 0) is 43.9 Å². The second-order valence-electron chi connectivity index (χ2n) is 7.25. The average Bonchev–Trinajstić information content (AvgIpc) is 3.33. The number of aryl methyl sites for hydroxylation is 1. The molecule has 1 aromatic carbocycles. The lowest BCUT2D eigenvalue weighted by Crippen LogP contribution is -2.40. The SMILES string of the molecule is Cc1ccc(NC(=O)[C@@H]2CCCN(c3nnc(N4CCCC4=O)s3)C2)cc1Cl. The number of amides is 2. The topological polar surface area (TPSA) is 78.4 Å². The van der Waals surface area contributed by atoms with Crippen LogP contribution >= 0.6 is 22.9 Å². The molecule has 0 unspecified atom stereocenters. The minimum Gasteiger partial charge on any atom is -0.346 e. The van der Waals surface area contributed by atoms with Gasteiger partial charge in [-0.15, -0.1) is 10.2 Å². The molecule has 1 atom stereocenters. The van der Waals surface area contributed by atoms with E-state index in [1.54, 1.807) is 11.0 Å². The van der Waals surface area contributed by atoms with E-state index in [1.165, 1.54) is 11.3 Å². The van der Waals surface area contributed by atoms with Gasteiger partial charge in [-0.25, -0.2) is 0 Å². The van der Waals surface area contributed by atoms with Crippen molar-refractivity contribution in [3.63, 3.8) is 0 Å². The monoisotopic (exact) mass is 419 g/mol. The third kappa shape index (κ3) is 3.98. The molecule has 2 saturated heterocycles. The normalized spacial score (nSPS) is 19.9. The first kappa shape index (κ1) is 19.1. The van der Waals surface area contributed by atoms with Crippen LogP contribution in [0.3, 0.4) is 0 Å². The van der Waals surface area contributed by atoms with Crippen molar-refractivity contribution < 1.29 is 9.59 Å². The second kappa shape index (κ2) is 8.05. The van der Waals surface area contributed by atoms with Crippen LogP contribution in [0.25, 0.3) is 0 Å². The van der Waals surface area contributed by atoms with Crippen molar-refractivity contribution >= 4 is 50.7 Å². The minimum atomic E-state index is -0.130. The van der Waals surface area contributed by atoms with Crippen molar-refractivity contribution in [2.75, 3.05) is 34.8 Å². The van der Waals surface area contributed by atoms with E-state index in [-0.39, 0.29) is 17.7 Å². The van der Waals surface area contributed by atoms with Gasteiger partial charge in [0.25, 0.3) is 0 Å². The Morgan fingerprint density at radius 1 is 1.25 bits per heavy atom. The van der Waals surface area contributed by atoms with E-state index in [0.717, 1.165) is 36.5 Å². The van der Waals surface area contributed by atoms with Crippen molar-refractivity contribution in [2.24, 2.45) is 5.92 Å². The Balaban J connectivity index is 1.41. The van der Waals surface area contributed by atoms with Crippen LogP contribution < -0.4 is 15.1 Å². The molecule has 148 valence electrons. The van der Waals surface area contributed by atoms with Gasteiger partial charge in [0, 0.05) is 36.8 Å². The number of hydrogen-bond donors (Lipinski definition) is 1. The molecule has 28 heavy (non-hydrogen) atoms. The fourth-order valence-corrected chi connectivity index (χ4v) is 4.68. The van der Waals surface area contributed by atoms with Crippen LogP contribution in [0, 0.1) is 12.8 Å². The Morgan fingerprint density at radius 2 is 2.07 bits per heavy atom. The van der Waals surface area contributed by atoms with Gasteiger partial charge < -0.3 is 10.2 Å². The lowest BCUT2D eigenvalue weighted by atomic mass is 9.97. The maximum atomic E-state index is 12.7. The van der Waals surface area contributed by atoms with Crippen LogP contribution in [0.15, 0.2) is 18.2 Å². The minimum absolute atomic E-state index is 0.0101. The molecule has 0 spiro atoms. The fourth-order valence-electron chi connectivity index (χ4n) is 3.58. The Labute approximate surface area is 172 Å². The smallest absolute Gasteiger partial charge is 0.229 e. The van der Waals surface area contributed by atoms with Crippen molar-refractivity contribution in [3.05, 3.63) is 28.8 Å². The zero-order chi connectivity index (χ0) is 19.7. The summed E-state index contributed by atoms with van der Waals surface area (Å²) in [6.45, 7) is 4.06. The van der Waals surface area contributed by atoms with Gasteiger partial charge in [0.05, 0.1) is 5.92 Å². The predicted molar refractivity (Wildman–Crippen MR) is 111 cm³/mol. The lowest BCUT2D eigenvalue weighted by molar-refractivity contribution is -0.120. The molecule has 0 aliphatic carbocycles. The van der Waals surface area contributed by atoms with Gasteiger partial charge in [-0.1, -0.05) is 29.0 Å². The third-order valence-corrected chi connectivity index (χ3v) is 6.62. The first-order chi connectivity index (χ1) is 13.5. The number of aromatic nitrogens is 2. The molecule has 7 nitrogen and oxygen atoms in total. The molecule has 0 radical (unpaired) electrons. The summed E-state index contributed by atoms with van der Waals surface area (Å²) in [6, 6.07) is 5.54. The Kier molecular flexibility index (Phi) is 5.50. The second-order valence-corrected chi connectivity index (χ2v) is 8.60. The molecule has 3 heterocycles. The Hall–Kier alpha value is -2.19. The lowest BCUT2D eigenvalue weighted by Gasteiger charge is -2.31. The summed E-state index contributed by atoms with van der Waals surface area (Å²) in [7, 11) is 0. The van der Waals surface area contributed by atoms with Crippen LogP contribution in [0.4, 0.5) is 16.0 Å². The maximum absolute atomic E-state index is 12.7. The zero-order valence-electron chi connectivity index (χ0n) is 15.7. The first-order valence-corrected chi connectivity index (χ1v) is 10.7. The molecule has 2 fully saturated rings. The van der Waals surface area contributed by atoms with E-state index in [1.807, 2.05) is 19.1 Å². The van der Waals surface area contributed by atoms with Crippen LogP contribution in [0.2, 0.25) is 5.02 Å². The summed E-state index contributed by atoms with van der Waals surface area (Å²) in [6.07, 6.45) is 3.18. The molecule has 2 amide bonds. The number of carbonyl (C=O) groups is 2. The Bertz CT molecular complexity index is 902. The number of carbonyl (C=O) groups excluding carboxylic acids is 2. The van der Waals surface area contributed by atoms with Crippen LogP contribution in [0.1, 0.15) is 31.2 Å². The highest BCUT2D eigenvalue weighted by atomic mass is 35.5. The molecule has 1 aromatic heterocycles. The summed E-state index contributed by atoms with van der Waals surface area (Å²) in [5.41, 5.74) is 1.69. The molecular weight excluding hydrogens is 398 g/mol. The van der Waals surface area contributed by atoms with Gasteiger partial charge in [0.1, 0.15) is 0 Å². The van der Waals surface area contributed by atoms with Gasteiger partial charge in [0.15, 0.2) is 0 Å². The van der Waals surface area contributed by atoms with E-state index < -0.39 is 0 Å². The van der Waals surface area contributed by atoms with E-state index in [4.69, 9.17) is 11.6 Å². The van der Waals surface area contributed by atoms with E-state index in [2.05, 4.69) is 20.4 Å². The number of rotatable bonds is 4. The molecule has 0 saturated carbocycles. The molecule has 2 aromatic rings. The Morgan fingerprint density at radius 3 is 2.82 bits per heavy atom. The first-order valence-electron chi connectivity index (χ1n) is 9.47. The highest BCUT2D eigenvalue weighted by molar-refractivity contribution is 7.19. The molecule has 2 aliphatic rings. The highest BCUT2D eigenvalue weighted by Gasteiger charge is 2.30. The zero-order valence-corrected chi connectivity index (χ0v) is 17.2. The van der Waals surface area contributed by atoms with Gasteiger partial charge in [0.2, 0.25) is 22.1 Å². The predicted octanol–water partition coefficient (Wildman–Crippen LogP) is 3.48. The van der Waals surface area contributed by atoms with E-state index in [9.17, 15) is 9.59 Å². The molecule has 1 N–H and O–H groups in total. The molecule has 9 heteroatoms. The van der Waals surface area contributed by atoms with E-state index >= 15 is 0 Å². The van der Waals surface area contributed by atoms with Gasteiger partial charge in [-0.3, -0.25) is 14.5 Å². The molecule has 4 rings (SSSR count). The van der Waals surface area contributed by atoms with Crippen molar-refractivity contribution in [1.82, 2.24) is 10.2 Å². The highest BCUT2D eigenvalue weighted by Crippen LogP contribution is 2.32. The van der Waals surface area contributed by atoms with Gasteiger partial charge >= 0.3 is 0 Å². The summed E-state index contributed by atoms with van der Waals surface area (Å²) in [5.74, 6) is -0.0333. The number of halogens is 1. The molecular formula is C19H22ClN5O2S. The number of benzene rings is 1. The number of hydrogen-bond acceptors (Lipinski definition) is 6. The summed E-state index contributed by atoms with van der Waals surface area (Å²) in [4.78, 5) is 28.4. The van der Waals surface area contributed by atoms with Crippen LogP contribution in [0.5, 0.6) is 0 Å². The maximum Gasteiger partial charge on any atom is 0.229 e. The average molecular weight is 420 g/mol. The summed E-state index contributed by atoms with van der Waals surface area (Å²) < 4.78 is 0. The standard InChI is InChI=1S/C19H22ClN5O2S/c1-12-6-7-14(10-15(12)20)21-17(27)13-4-2-8-24(11-13)18-22-23-19(28-18)25-9-3-5-16(25)26/h6-7,10,13H,2-5,8-9,11H2,1H3,(H,21,27)/t13-/m1/s1. The number of anilines is 3. The summed E-state index contributed by atoms with van der Waals surface area (Å²) in [5, 5.41) is 13.5. The third-order valence-electron chi connectivity index (χ3n) is 5.21. The number of nitrogens with one attached hydrogen (secondary N) is 1. The quantitative estimate of drug-likeness (QED) is 0.820. The largest absolute Gasteiger partial charge is 0.346 e. The van der Waals surface area contributed by atoms with Gasteiger partial charge in [-0.2, -0.15) is 0 Å². The number of nitrogens with zero attached hydrogens (tertiary/aromatic N) is 4. The summed E-state index contributed by atoms with van der Waals surface area (Å²) >= 11 is 7.57. The van der Waals surface area contributed by atoms with Crippen LogP contribution in [-0.4, -0.2) is 41.6 Å². The van der Waals surface area contributed by atoms with E-state index in [0.29, 0.717) is 35.4 Å². The van der Waals surface area contributed by atoms with Crippen LogP contribution in [-0.2, 0) is 9.59 Å². The molecule has 2 aliphatic heterocycles. The van der Waals surface area contributed by atoms with Crippen molar-refractivity contribution in [3.8, 4) is 0 Å². The fraction of sp³-hybridized carbons (Fsp3) is 0.474. The number of piperidine rings is 1. The van der Waals surface area contributed by atoms with Crippen molar-refractivity contribution in [1.29, 1.82) is 0 Å². The van der Waals surface area contributed by atoms with Crippen molar-refractivity contribution in [2.45, 2.75) is 32.6 Å². The molecule has 0 bridgehead atoms.